The number of likely N-dealkylation sites (N-methyl/N-ethyl adjacent to an activating group) is 1. The molecule has 3 rings (SSSR count). The molecule has 21 heavy (non-hydrogen) atoms. The summed E-state index contributed by atoms with van der Waals surface area (Å²) in [6, 6.07) is 10.6. The first kappa shape index (κ1) is 14.5. The van der Waals surface area contributed by atoms with Crippen LogP contribution in [-0.4, -0.2) is 30.8 Å². The Morgan fingerprint density at radius 1 is 1.38 bits per heavy atom. The largest absolute Gasteiger partial charge is 0.376 e. The molecule has 4 nitrogen and oxygen atoms in total. The van der Waals surface area contributed by atoms with Crippen molar-refractivity contribution in [2.24, 2.45) is 5.73 Å². The van der Waals surface area contributed by atoms with E-state index < -0.39 is 0 Å². The van der Waals surface area contributed by atoms with Crippen LogP contribution < -0.4 is 10.6 Å². The van der Waals surface area contributed by atoms with E-state index in [1.807, 2.05) is 18.2 Å². The molecule has 1 aromatic carbocycles. The maximum Gasteiger partial charge on any atom is 0.186 e. The highest BCUT2D eigenvalue weighted by Gasteiger charge is 2.30. The highest BCUT2D eigenvalue weighted by atomic mass is 32.1. The molecule has 0 radical (unpaired) electrons. The predicted molar refractivity (Wildman–Crippen MR) is 87.7 cm³/mol. The molecule has 2 N–H and O–H groups in total. The van der Waals surface area contributed by atoms with Crippen LogP contribution in [-0.2, 0) is 11.3 Å². The molecule has 1 aliphatic rings. The molecule has 2 atom stereocenters. The molecule has 0 aliphatic carbocycles. The van der Waals surface area contributed by atoms with Gasteiger partial charge in [-0.3, -0.25) is 0 Å². The molecule has 0 spiro atoms. The smallest absolute Gasteiger partial charge is 0.186 e. The Morgan fingerprint density at radius 3 is 2.76 bits per heavy atom. The average molecular weight is 303 g/mol. The number of hydrogen-bond acceptors (Lipinski definition) is 5. The molecule has 2 unspecified atom stereocenters. The predicted octanol–water partition coefficient (Wildman–Crippen LogP) is 2.88. The van der Waals surface area contributed by atoms with Crippen molar-refractivity contribution in [3.8, 4) is 11.3 Å². The van der Waals surface area contributed by atoms with Crippen molar-refractivity contribution in [3.63, 3.8) is 0 Å². The first-order chi connectivity index (χ1) is 10.2. The average Bonchev–Trinajstić information content (AvgIpc) is 3.13. The highest BCUT2D eigenvalue weighted by molar-refractivity contribution is 7.16. The molecule has 1 fully saturated rings. The number of anilines is 1. The summed E-state index contributed by atoms with van der Waals surface area (Å²) in [4.78, 5) is 8.22. The van der Waals surface area contributed by atoms with Gasteiger partial charge in [-0.15, -0.1) is 0 Å². The Labute approximate surface area is 129 Å². The molecule has 112 valence electrons. The van der Waals surface area contributed by atoms with Crippen LogP contribution in [0, 0.1) is 0 Å². The van der Waals surface area contributed by atoms with Gasteiger partial charge in [0.2, 0.25) is 0 Å². The highest BCUT2D eigenvalue weighted by Crippen LogP contribution is 2.34. The minimum atomic E-state index is 0.250. The van der Waals surface area contributed by atoms with E-state index in [0.29, 0.717) is 12.6 Å². The summed E-state index contributed by atoms with van der Waals surface area (Å²) in [7, 11) is 2.10. The van der Waals surface area contributed by atoms with Crippen molar-refractivity contribution in [2.45, 2.75) is 32.0 Å². The first-order valence-electron chi connectivity index (χ1n) is 7.30. The molecule has 1 aromatic heterocycles. The van der Waals surface area contributed by atoms with Crippen molar-refractivity contribution in [1.29, 1.82) is 0 Å². The summed E-state index contributed by atoms with van der Waals surface area (Å²) >= 11 is 1.69. The second-order valence-corrected chi connectivity index (χ2v) is 6.44. The molecule has 1 saturated heterocycles. The third-order valence-electron chi connectivity index (χ3n) is 4.05. The van der Waals surface area contributed by atoms with Gasteiger partial charge >= 0.3 is 0 Å². The van der Waals surface area contributed by atoms with Crippen LogP contribution in [0.15, 0.2) is 30.3 Å². The van der Waals surface area contributed by atoms with Crippen LogP contribution in [0.25, 0.3) is 11.3 Å². The van der Waals surface area contributed by atoms with E-state index >= 15 is 0 Å². The number of ether oxygens (including phenoxy) is 1. The Hall–Kier alpha value is -1.43. The number of hydrogen-bond donors (Lipinski definition) is 1. The maximum atomic E-state index is 5.91. The zero-order valence-corrected chi connectivity index (χ0v) is 13.3. The van der Waals surface area contributed by atoms with E-state index in [2.05, 4.69) is 31.0 Å². The molecular weight excluding hydrogens is 282 g/mol. The van der Waals surface area contributed by atoms with Gasteiger partial charge in [-0.25, -0.2) is 4.98 Å². The molecule has 5 heteroatoms. The quantitative estimate of drug-likeness (QED) is 0.943. The summed E-state index contributed by atoms with van der Waals surface area (Å²) in [5, 5.41) is 1.02. The Kier molecular flexibility index (Phi) is 4.24. The number of aromatic nitrogens is 1. The molecule has 1 aliphatic heterocycles. The number of nitrogens with zero attached hydrogens (tertiary/aromatic N) is 2. The first-order valence-corrected chi connectivity index (χ1v) is 8.12. The molecular formula is C16H21N3OS. The Balaban J connectivity index is 1.92. The van der Waals surface area contributed by atoms with Gasteiger partial charge in [-0.2, -0.15) is 0 Å². The lowest BCUT2D eigenvalue weighted by atomic mass is 10.1. The van der Waals surface area contributed by atoms with Gasteiger partial charge in [0.25, 0.3) is 0 Å². The molecule has 0 amide bonds. The Morgan fingerprint density at radius 2 is 2.14 bits per heavy atom. The molecule has 2 heterocycles. The van der Waals surface area contributed by atoms with E-state index in [0.717, 1.165) is 34.3 Å². The zero-order chi connectivity index (χ0) is 14.8. The van der Waals surface area contributed by atoms with Gasteiger partial charge in [0.1, 0.15) is 0 Å². The van der Waals surface area contributed by atoms with Crippen molar-refractivity contribution < 1.29 is 4.74 Å². The van der Waals surface area contributed by atoms with Crippen LogP contribution in [0.3, 0.4) is 0 Å². The van der Waals surface area contributed by atoms with E-state index in [4.69, 9.17) is 15.5 Å². The summed E-state index contributed by atoms with van der Waals surface area (Å²) in [5.74, 6) is 0. The van der Waals surface area contributed by atoms with Gasteiger partial charge < -0.3 is 15.4 Å². The van der Waals surface area contributed by atoms with Gasteiger partial charge in [0, 0.05) is 30.6 Å². The fraction of sp³-hybridized carbons (Fsp3) is 0.438. The fourth-order valence-electron chi connectivity index (χ4n) is 2.82. The second-order valence-electron chi connectivity index (χ2n) is 5.38. The molecule has 0 saturated carbocycles. The van der Waals surface area contributed by atoms with Crippen LogP contribution in [0.2, 0.25) is 0 Å². The topological polar surface area (TPSA) is 51.4 Å². The molecule has 0 bridgehead atoms. The number of nitrogens with two attached hydrogens (primary N) is 1. The number of thiazole rings is 1. The number of benzene rings is 1. The Bertz CT molecular complexity index is 599. The minimum absolute atomic E-state index is 0.250. The van der Waals surface area contributed by atoms with E-state index in [1.165, 1.54) is 0 Å². The van der Waals surface area contributed by atoms with Gasteiger partial charge in [0.15, 0.2) is 5.13 Å². The third kappa shape index (κ3) is 2.81. The van der Waals surface area contributed by atoms with Crippen LogP contribution >= 0.6 is 11.3 Å². The number of rotatable bonds is 4. The van der Waals surface area contributed by atoms with Crippen molar-refractivity contribution >= 4 is 16.5 Å². The van der Waals surface area contributed by atoms with Crippen molar-refractivity contribution in [3.05, 3.63) is 35.2 Å². The summed E-state index contributed by atoms with van der Waals surface area (Å²) in [5.41, 5.74) is 8.05. The van der Waals surface area contributed by atoms with Gasteiger partial charge in [0.05, 0.1) is 17.8 Å². The lowest BCUT2D eigenvalue weighted by molar-refractivity contribution is 0.118. The molecule has 2 aromatic rings. The lowest BCUT2D eigenvalue weighted by Crippen LogP contribution is -2.36. The summed E-state index contributed by atoms with van der Waals surface area (Å²) in [6.07, 6.45) is 1.30. The van der Waals surface area contributed by atoms with E-state index in [1.54, 1.807) is 11.3 Å². The normalized spacial score (nSPS) is 21.7. The summed E-state index contributed by atoms with van der Waals surface area (Å²) in [6.45, 7) is 3.48. The van der Waals surface area contributed by atoms with E-state index in [-0.39, 0.29) is 6.10 Å². The fourth-order valence-corrected chi connectivity index (χ4v) is 3.80. The van der Waals surface area contributed by atoms with Crippen molar-refractivity contribution in [1.82, 2.24) is 4.98 Å². The van der Waals surface area contributed by atoms with Gasteiger partial charge in [-0.05, 0) is 13.3 Å². The standard InChI is InChI=1S/C16H21N3OS/c1-11-13(8-9-20-11)19(2)16-18-15(14(10-17)21-16)12-6-4-3-5-7-12/h3-7,11,13H,8-10,17H2,1-2H3. The van der Waals surface area contributed by atoms with Crippen LogP contribution in [0.4, 0.5) is 5.13 Å². The zero-order valence-electron chi connectivity index (χ0n) is 12.5. The summed E-state index contributed by atoms with van der Waals surface area (Å²) < 4.78 is 5.67. The minimum Gasteiger partial charge on any atom is -0.376 e. The maximum absolute atomic E-state index is 5.91. The van der Waals surface area contributed by atoms with E-state index in [9.17, 15) is 0 Å². The van der Waals surface area contributed by atoms with Gasteiger partial charge in [-0.1, -0.05) is 41.7 Å². The second kappa shape index (κ2) is 6.13. The third-order valence-corrected chi connectivity index (χ3v) is 5.22. The monoisotopic (exact) mass is 303 g/mol. The van der Waals surface area contributed by atoms with Crippen LogP contribution in [0.5, 0.6) is 0 Å². The SMILES string of the molecule is CC1OCCC1N(C)c1nc(-c2ccccc2)c(CN)s1. The lowest BCUT2D eigenvalue weighted by Gasteiger charge is -2.26. The van der Waals surface area contributed by atoms with Crippen molar-refractivity contribution in [2.75, 3.05) is 18.6 Å². The van der Waals surface area contributed by atoms with Crippen LogP contribution in [0.1, 0.15) is 18.2 Å².